The minimum atomic E-state index is -0.351. The monoisotopic (exact) mass is 184 g/mol. The fraction of sp³-hybridized carbons (Fsp3) is 0.700. The Morgan fingerprint density at radius 2 is 2.38 bits per heavy atom. The van der Waals surface area contributed by atoms with Crippen LogP contribution in [0.15, 0.2) is 12.7 Å². The Morgan fingerprint density at radius 1 is 1.77 bits per heavy atom. The molecule has 1 heterocycles. The minimum Gasteiger partial charge on any atom is -0.462 e. The summed E-state index contributed by atoms with van der Waals surface area (Å²) in [5.74, 6) is 0.449. The molecular formula is C10H16O3. The van der Waals surface area contributed by atoms with Crippen molar-refractivity contribution in [3.63, 3.8) is 0 Å². The number of carbonyl (C=O) groups is 1. The fourth-order valence-electron chi connectivity index (χ4n) is 1.15. The van der Waals surface area contributed by atoms with Crippen LogP contribution in [0, 0.1) is 11.8 Å². The van der Waals surface area contributed by atoms with Crippen molar-refractivity contribution in [3.8, 4) is 0 Å². The molecule has 1 saturated heterocycles. The maximum atomic E-state index is 10.8. The van der Waals surface area contributed by atoms with Gasteiger partial charge in [-0.1, -0.05) is 20.4 Å². The molecule has 0 aliphatic carbocycles. The van der Waals surface area contributed by atoms with Crippen LogP contribution in [0.2, 0.25) is 0 Å². The zero-order valence-corrected chi connectivity index (χ0v) is 8.16. The van der Waals surface area contributed by atoms with Gasteiger partial charge in [-0.2, -0.15) is 0 Å². The summed E-state index contributed by atoms with van der Waals surface area (Å²) in [4.78, 5) is 10.8. The van der Waals surface area contributed by atoms with Crippen LogP contribution in [0.5, 0.6) is 0 Å². The van der Waals surface area contributed by atoms with Crippen LogP contribution in [-0.2, 0) is 14.3 Å². The van der Waals surface area contributed by atoms with Gasteiger partial charge in [0.25, 0.3) is 0 Å². The third-order valence-corrected chi connectivity index (χ3v) is 2.50. The van der Waals surface area contributed by atoms with E-state index in [-0.39, 0.29) is 5.97 Å². The van der Waals surface area contributed by atoms with Crippen LogP contribution >= 0.6 is 0 Å². The molecule has 3 atom stereocenters. The number of epoxide rings is 1. The third kappa shape index (κ3) is 3.19. The van der Waals surface area contributed by atoms with Crippen molar-refractivity contribution < 1.29 is 14.3 Å². The summed E-state index contributed by atoms with van der Waals surface area (Å²) in [6.07, 6.45) is 1.56. The Balaban J connectivity index is 2.19. The van der Waals surface area contributed by atoms with Gasteiger partial charge in [0.2, 0.25) is 0 Å². The lowest BCUT2D eigenvalue weighted by Crippen LogP contribution is -2.20. The highest BCUT2D eigenvalue weighted by Crippen LogP contribution is 2.26. The van der Waals surface area contributed by atoms with E-state index in [1.807, 2.05) is 0 Å². The normalized spacial score (nSPS) is 24.6. The summed E-state index contributed by atoms with van der Waals surface area (Å²) < 4.78 is 10.1. The predicted octanol–water partition coefficient (Wildman–Crippen LogP) is 1.39. The molecule has 3 heteroatoms. The molecule has 13 heavy (non-hydrogen) atoms. The van der Waals surface area contributed by atoms with Gasteiger partial charge in [-0.3, -0.25) is 0 Å². The van der Waals surface area contributed by atoms with E-state index in [9.17, 15) is 4.79 Å². The molecule has 1 aliphatic heterocycles. The molecule has 0 saturated carbocycles. The Bertz CT molecular complexity index is 196. The molecule has 3 unspecified atom stereocenters. The van der Waals surface area contributed by atoms with E-state index in [0.717, 1.165) is 6.61 Å². The van der Waals surface area contributed by atoms with Gasteiger partial charge < -0.3 is 9.47 Å². The first-order chi connectivity index (χ1) is 6.15. The molecule has 0 amide bonds. The summed E-state index contributed by atoms with van der Waals surface area (Å²) >= 11 is 0. The maximum Gasteiger partial charge on any atom is 0.330 e. The number of ether oxygens (including phenoxy) is 2. The molecule has 74 valence electrons. The van der Waals surface area contributed by atoms with Crippen molar-refractivity contribution >= 4 is 5.97 Å². The standard InChI is InChI=1S/C10H16O3/c1-4-10(11)13-5-7(2)8(3)9-6-12-9/h4,7-9H,1,5-6H2,2-3H3. The predicted molar refractivity (Wildman–Crippen MR) is 49.2 cm³/mol. The molecule has 0 N–H and O–H groups in total. The highest BCUT2D eigenvalue weighted by Gasteiger charge is 2.33. The maximum absolute atomic E-state index is 10.8. The summed E-state index contributed by atoms with van der Waals surface area (Å²) in [6, 6.07) is 0. The zero-order valence-electron chi connectivity index (χ0n) is 8.16. The quantitative estimate of drug-likeness (QED) is 0.368. The SMILES string of the molecule is C=CC(=O)OCC(C)C(C)C1CO1. The Kier molecular flexibility index (Phi) is 3.48. The highest BCUT2D eigenvalue weighted by molar-refractivity contribution is 5.81. The Hall–Kier alpha value is -0.830. The molecule has 1 rings (SSSR count). The van der Waals surface area contributed by atoms with E-state index in [2.05, 4.69) is 20.4 Å². The summed E-state index contributed by atoms with van der Waals surface area (Å²) in [5.41, 5.74) is 0. The molecule has 1 aliphatic rings. The van der Waals surface area contributed by atoms with E-state index in [1.54, 1.807) is 0 Å². The lowest BCUT2D eigenvalue weighted by Gasteiger charge is -2.16. The molecule has 0 spiro atoms. The first-order valence-electron chi connectivity index (χ1n) is 4.56. The second kappa shape index (κ2) is 4.42. The fourth-order valence-corrected chi connectivity index (χ4v) is 1.15. The van der Waals surface area contributed by atoms with Crippen molar-refractivity contribution in [2.24, 2.45) is 11.8 Å². The van der Waals surface area contributed by atoms with E-state index >= 15 is 0 Å². The van der Waals surface area contributed by atoms with Gasteiger partial charge >= 0.3 is 5.97 Å². The summed E-state index contributed by atoms with van der Waals surface area (Å²) in [7, 11) is 0. The first-order valence-corrected chi connectivity index (χ1v) is 4.56. The molecule has 0 aromatic carbocycles. The van der Waals surface area contributed by atoms with E-state index < -0.39 is 0 Å². The Morgan fingerprint density at radius 3 is 2.85 bits per heavy atom. The van der Waals surface area contributed by atoms with Crippen LogP contribution in [0.1, 0.15) is 13.8 Å². The molecule has 1 fully saturated rings. The van der Waals surface area contributed by atoms with Gasteiger partial charge in [-0.25, -0.2) is 4.79 Å². The number of hydrogen-bond donors (Lipinski definition) is 0. The van der Waals surface area contributed by atoms with Gasteiger partial charge in [-0.15, -0.1) is 0 Å². The van der Waals surface area contributed by atoms with Gasteiger partial charge in [-0.05, 0) is 11.8 Å². The zero-order chi connectivity index (χ0) is 9.84. The second-order valence-corrected chi connectivity index (χ2v) is 3.54. The summed E-state index contributed by atoms with van der Waals surface area (Å²) in [5, 5.41) is 0. The third-order valence-electron chi connectivity index (χ3n) is 2.50. The highest BCUT2D eigenvalue weighted by atomic mass is 16.6. The molecule has 0 radical (unpaired) electrons. The largest absolute Gasteiger partial charge is 0.462 e. The van der Waals surface area contributed by atoms with E-state index in [4.69, 9.17) is 9.47 Å². The second-order valence-electron chi connectivity index (χ2n) is 3.54. The number of hydrogen-bond acceptors (Lipinski definition) is 3. The van der Waals surface area contributed by atoms with Gasteiger partial charge in [0, 0.05) is 6.08 Å². The number of carbonyl (C=O) groups excluding carboxylic acids is 1. The number of rotatable bonds is 5. The average molecular weight is 184 g/mol. The lowest BCUT2D eigenvalue weighted by atomic mass is 9.94. The van der Waals surface area contributed by atoms with Gasteiger partial charge in [0.05, 0.1) is 19.3 Å². The first kappa shape index (κ1) is 10.3. The van der Waals surface area contributed by atoms with Crippen molar-refractivity contribution in [1.82, 2.24) is 0 Å². The van der Waals surface area contributed by atoms with Crippen LogP contribution in [0.4, 0.5) is 0 Å². The van der Waals surface area contributed by atoms with Crippen LogP contribution in [-0.4, -0.2) is 25.3 Å². The minimum absolute atomic E-state index is 0.344. The van der Waals surface area contributed by atoms with Crippen LogP contribution < -0.4 is 0 Å². The topological polar surface area (TPSA) is 38.8 Å². The van der Waals surface area contributed by atoms with Crippen molar-refractivity contribution in [1.29, 1.82) is 0 Å². The van der Waals surface area contributed by atoms with E-state index in [0.29, 0.717) is 24.5 Å². The molecule has 0 bridgehead atoms. The van der Waals surface area contributed by atoms with E-state index in [1.165, 1.54) is 6.08 Å². The summed E-state index contributed by atoms with van der Waals surface area (Å²) in [6.45, 7) is 8.80. The average Bonchev–Trinajstić information content (AvgIpc) is 2.95. The van der Waals surface area contributed by atoms with Gasteiger partial charge in [0.1, 0.15) is 0 Å². The Labute approximate surface area is 78.7 Å². The molecular weight excluding hydrogens is 168 g/mol. The lowest BCUT2D eigenvalue weighted by molar-refractivity contribution is -0.139. The van der Waals surface area contributed by atoms with Crippen molar-refractivity contribution in [2.75, 3.05) is 13.2 Å². The number of esters is 1. The van der Waals surface area contributed by atoms with Gasteiger partial charge in [0.15, 0.2) is 0 Å². The van der Waals surface area contributed by atoms with Crippen molar-refractivity contribution in [3.05, 3.63) is 12.7 Å². The van der Waals surface area contributed by atoms with Crippen molar-refractivity contribution in [2.45, 2.75) is 20.0 Å². The molecule has 0 aromatic heterocycles. The molecule has 0 aromatic rings. The molecule has 3 nitrogen and oxygen atoms in total. The van der Waals surface area contributed by atoms with Crippen LogP contribution in [0.3, 0.4) is 0 Å². The van der Waals surface area contributed by atoms with Crippen LogP contribution in [0.25, 0.3) is 0 Å². The smallest absolute Gasteiger partial charge is 0.330 e.